The van der Waals surface area contributed by atoms with Crippen molar-refractivity contribution in [2.24, 2.45) is 0 Å². The van der Waals surface area contributed by atoms with E-state index < -0.39 is 17.9 Å². The number of rotatable bonds is 5. The van der Waals surface area contributed by atoms with Gasteiger partial charge in [0.1, 0.15) is 6.04 Å². The topological polar surface area (TPSA) is 57.6 Å². The average molecular weight is 316 g/mol. The summed E-state index contributed by atoms with van der Waals surface area (Å²) in [7, 11) is 1.46. The molecule has 0 aliphatic rings. The lowest BCUT2D eigenvalue weighted by Crippen LogP contribution is -2.41. The van der Waals surface area contributed by atoms with Crippen LogP contribution in [0.4, 0.5) is 0 Å². The first-order chi connectivity index (χ1) is 9.36. The van der Waals surface area contributed by atoms with Crippen molar-refractivity contribution in [2.45, 2.75) is 19.4 Å². The fraction of sp³-hybridized carbons (Fsp3) is 0.286. The van der Waals surface area contributed by atoms with Crippen LogP contribution in [0.15, 0.2) is 24.3 Å². The van der Waals surface area contributed by atoms with E-state index in [0.29, 0.717) is 22.0 Å². The van der Waals surface area contributed by atoms with E-state index in [1.165, 1.54) is 24.1 Å². The minimum Gasteiger partial charge on any atom is -0.480 e. The SMILES string of the molecule is CCC(C(=O)O)N(C)C(=O)C=Cc1ccc(Cl)cc1Cl. The monoisotopic (exact) mass is 315 g/mol. The number of carboxylic acid groups (broad SMARTS) is 1. The van der Waals surface area contributed by atoms with Gasteiger partial charge in [-0.2, -0.15) is 0 Å². The third-order valence-corrected chi connectivity index (χ3v) is 3.42. The molecule has 1 aromatic rings. The molecule has 4 nitrogen and oxygen atoms in total. The molecule has 20 heavy (non-hydrogen) atoms. The Kier molecular flexibility index (Phi) is 6.05. The summed E-state index contributed by atoms with van der Waals surface area (Å²) in [5.41, 5.74) is 0.640. The smallest absolute Gasteiger partial charge is 0.326 e. The predicted molar refractivity (Wildman–Crippen MR) is 80.0 cm³/mol. The zero-order chi connectivity index (χ0) is 15.3. The molecule has 0 bridgehead atoms. The van der Waals surface area contributed by atoms with Crippen molar-refractivity contribution in [3.05, 3.63) is 39.9 Å². The number of amides is 1. The molecule has 0 heterocycles. The van der Waals surface area contributed by atoms with E-state index >= 15 is 0 Å². The van der Waals surface area contributed by atoms with Gasteiger partial charge in [0.15, 0.2) is 0 Å². The van der Waals surface area contributed by atoms with E-state index in [4.69, 9.17) is 28.3 Å². The van der Waals surface area contributed by atoms with E-state index in [2.05, 4.69) is 0 Å². The second-order valence-electron chi connectivity index (χ2n) is 4.21. The Bertz CT molecular complexity index is 543. The number of likely N-dealkylation sites (N-methyl/N-ethyl adjacent to an activating group) is 1. The van der Waals surface area contributed by atoms with Crippen LogP contribution in [0.5, 0.6) is 0 Å². The van der Waals surface area contributed by atoms with Crippen molar-refractivity contribution in [2.75, 3.05) is 7.05 Å². The Labute approximate surface area is 127 Å². The van der Waals surface area contributed by atoms with Crippen LogP contribution >= 0.6 is 23.2 Å². The predicted octanol–water partition coefficient (Wildman–Crippen LogP) is 3.33. The lowest BCUT2D eigenvalue weighted by atomic mass is 10.2. The molecule has 0 spiro atoms. The minimum atomic E-state index is -1.03. The third kappa shape index (κ3) is 4.25. The summed E-state index contributed by atoms with van der Waals surface area (Å²) in [5, 5.41) is 9.93. The van der Waals surface area contributed by atoms with Crippen molar-refractivity contribution in [3.63, 3.8) is 0 Å². The van der Waals surface area contributed by atoms with Crippen LogP contribution in [0, 0.1) is 0 Å². The Hall–Kier alpha value is -1.52. The van der Waals surface area contributed by atoms with Gasteiger partial charge in [-0.3, -0.25) is 4.79 Å². The van der Waals surface area contributed by atoms with Crippen molar-refractivity contribution < 1.29 is 14.7 Å². The Morgan fingerprint density at radius 3 is 2.55 bits per heavy atom. The number of carboxylic acids is 1. The fourth-order valence-corrected chi connectivity index (χ4v) is 2.15. The third-order valence-electron chi connectivity index (χ3n) is 2.85. The highest BCUT2D eigenvalue weighted by Crippen LogP contribution is 2.22. The largest absolute Gasteiger partial charge is 0.480 e. The Morgan fingerprint density at radius 1 is 1.40 bits per heavy atom. The molecular formula is C14H15Cl2NO3. The molecule has 0 radical (unpaired) electrons. The molecule has 1 atom stereocenters. The van der Waals surface area contributed by atoms with Crippen LogP contribution in [0.2, 0.25) is 10.0 Å². The van der Waals surface area contributed by atoms with Gasteiger partial charge in [0, 0.05) is 23.2 Å². The van der Waals surface area contributed by atoms with Crippen molar-refractivity contribution >= 4 is 41.2 Å². The van der Waals surface area contributed by atoms with Crippen LogP contribution in [0.1, 0.15) is 18.9 Å². The molecule has 1 N–H and O–H groups in total. The zero-order valence-corrected chi connectivity index (χ0v) is 12.6. The van der Waals surface area contributed by atoms with Gasteiger partial charge >= 0.3 is 5.97 Å². The lowest BCUT2D eigenvalue weighted by molar-refractivity contribution is -0.147. The molecule has 1 aromatic carbocycles. The molecule has 6 heteroatoms. The summed E-state index contributed by atoms with van der Waals surface area (Å²) in [6.07, 6.45) is 3.17. The first-order valence-electron chi connectivity index (χ1n) is 5.99. The maximum Gasteiger partial charge on any atom is 0.326 e. The van der Waals surface area contributed by atoms with Gasteiger partial charge in [-0.25, -0.2) is 4.79 Å². The van der Waals surface area contributed by atoms with E-state index in [1.807, 2.05) is 0 Å². The fourth-order valence-electron chi connectivity index (χ4n) is 1.68. The second kappa shape index (κ2) is 7.31. The quantitative estimate of drug-likeness (QED) is 0.848. The van der Waals surface area contributed by atoms with E-state index in [0.717, 1.165) is 0 Å². The second-order valence-corrected chi connectivity index (χ2v) is 5.05. The highest BCUT2D eigenvalue weighted by Gasteiger charge is 2.23. The molecule has 1 rings (SSSR count). The molecule has 1 unspecified atom stereocenters. The number of carbonyl (C=O) groups excluding carboxylic acids is 1. The van der Waals surface area contributed by atoms with Crippen LogP contribution in [0.25, 0.3) is 6.08 Å². The van der Waals surface area contributed by atoms with Crippen molar-refractivity contribution in [1.82, 2.24) is 4.90 Å². The maximum absolute atomic E-state index is 11.9. The highest BCUT2D eigenvalue weighted by molar-refractivity contribution is 6.35. The Morgan fingerprint density at radius 2 is 2.05 bits per heavy atom. The van der Waals surface area contributed by atoms with Gasteiger partial charge in [0.05, 0.1) is 0 Å². The molecule has 0 saturated heterocycles. The Balaban J connectivity index is 2.84. The summed E-state index contributed by atoms with van der Waals surface area (Å²) in [5.74, 6) is -1.42. The molecule has 108 valence electrons. The first-order valence-corrected chi connectivity index (χ1v) is 6.75. The van der Waals surface area contributed by atoms with Gasteiger partial charge < -0.3 is 10.0 Å². The van der Waals surface area contributed by atoms with Crippen LogP contribution < -0.4 is 0 Å². The molecule has 0 aromatic heterocycles. The maximum atomic E-state index is 11.9. The number of carbonyl (C=O) groups is 2. The molecule has 0 aliphatic carbocycles. The molecule has 0 fully saturated rings. The first kappa shape index (κ1) is 16.5. The summed E-state index contributed by atoms with van der Waals surface area (Å²) in [6.45, 7) is 1.71. The number of nitrogens with zero attached hydrogens (tertiary/aromatic N) is 1. The van der Waals surface area contributed by atoms with Gasteiger partial charge in [0.2, 0.25) is 5.91 Å². The van der Waals surface area contributed by atoms with Gasteiger partial charge in [0.25, 0.3) is 0 Å². The normalized spacial score (nSPS) is 12.4. The van der Waals surface area contributed by atoms with Crippen LogP contribution in [0.3, 0.4) is 0 Å². The van der Waals surface area contributed by atoms with Crippen molar-refractivity contribution in [3.8, 4) is 0 Å². The number of benzene rings is 1. The van der Waals surface area contributed by atoms with Gasteiger partial charge in [-0.15, -0.1) is 0 Å². The van der Waals surface area contributed by atoms with Gasteiger partial charge in [-0.05, 0) is 30.2 Å². The minimum absolute atomic E-state index is 0.340. The molecule has 0 saturated carbocycles. The summed E-state index contributed by atoms with van der Waals surface area (Å²) in [6, 6.07) is 4.08. The number of aliphatic carboxylic acids is 1. The summed E-state index contributed by atoms with van der Waals surface area (Å²) < 4.78 is 0. The number of hydrogen-bond acceptors (Lipinski definition) is 2. The van der Waals surface area contributed by atoms with E-state index in [1.54, 1.807) is 25.1 Å². The van der Waals surface area contributed by atoms with Crippen LogP contribution in [-0.2, 0) is 9.59 Å². The number of hydrogen-bond donors (Lipinski definition) is 1. The van der Waals surface area contributed by atoms with E-state index in [-0.39, 0.29) is 0 Å². The highest BCUT2D eigenvalue weighted by atomic mass is 35.5. The van der Waals surface area contributed by atoms with Crippen LogP contribution in [-0.4, -0.2) is 35.0 Å². The molecular weight excluding hydrogens is 301 g/mol. The van der Waals surface area contributed by atoms with Crippen molar-refractivity contribution in [1.29, 1.82) is 0 Å². The van der Waals surface area contributed by atoms with E-state index in [9.17, 15) is 9.59 Å². The summed E-state index contributed by atoms with van der Waals surface area (Å²) >= 11 is 11.8. The standard InChI is InChI=1S/C14H15Cl2NO3/c1-3-12(14(19)20)17(2)13(18)7-5-9-4-6-10(15)8-11(9)16/h4-8,12H,3H2,1-2H3,(H,19,20). The van der Waals surface area contributed by atoms with Gasteiger partial charge in [-0.1, -0.05) is 36.2 Å². The zero-order valence-electron chi connectivity index (χ0n) is 11.1. The molecule has 0 aliphatic heterocycles. The lowest BCUT2D eigenvalue weighted by Gasteiger charge is -2.22. The molecule has 1 amide bonds. The summed E-state index contributed by atoms with van der Waals surface area (Å²) in [4.78, 5) is 24.1. The average Bonchev–Trinajstić information content (AvgIpc) is 2.37. The number of halogens is 2.